The van der Waals surface area contributed by atoms with Gasteiger partial charge in [0.2, 0.25) is 11.7 Å². The minimum atomic E-state index is -0.114. The Kier molecular flexibility index (Phi) is 4.31. The highest BCUT2D eigenvalue weighted by molar-refractivity contribution is 5.75. The summed E-state index contributed by atoms with van der Waals surface area (Å²) >= 11 is 0. The molecule has 2 aliphatic rings. The minimum Gasteiger partial charge on any atom is -0.337 e. The predicted molar refractivity (Wildman–Crippen MR) is 101 cm³/mol. The summed E-state index contributed by atoms with van der Waals surface area (Å²) in [5.41, 5.74) is 4.27. The van der Waals surface area contributed by atoms with Crippen LogP contribution in [0.1, 0.15) is 48.0 Å². The molecule has 0 bridgehead atoms. The van der Waals surface area contributed by atoms with E-state index in [-0.39, 0.29) is 12.1 Å². The third-order valence-corrected chi connectivity index (χ3v) is 5.54. The van der Waals surface area contributed by atoms with Crippen molar-refractivity contribution in [3.63, 3.8) is 0 Å². The van der Waals surface area contributed by atoms with E-state index in [0.29, 0.717) is 24.8 Å². The fourth-order valence-electron chi connectivity index (χ4n) is 4.03. The zero-order valence-corrected chi connectivity index (χ0v) is 15.5. The Hall–Kier alpha value is -3.16. The van der Waals surface area contributed by atoms with Gasteiger partial charge < -0.3 is 14.7 Å². The van der Waals surface area contributed by atoms with Gasteiger partial charge in [0.15, 0.2) is 0 Å². The number of aromatic nitrogens is 4. The van der Waals surface area contributed by atoms with Gasteiger partial charge in [0.1, 0.15) is 12.2 Å². The first kappa shape index (κ1) is 17.0. The van der Waals surface area contributed by atoms with Crippen molar-refractivity contribution in [1.29, 1.82) is 0 Å². The molecule has 3 aromatic rings. The number of fused-ring (bicyclic) bond motifs is 1. The summed E-state index contributed by atoms with van der Waals surface area (Å²) in [6, 6.07) is 9.95. The molecule has 1 unspecified atom stereocenters. The van der Waals surface area contributed by atoms with Crippen molar-refractivity contribution in [2.45, 2.75) is 44.7 Å². The van der Waals surface area contributed by atoms with E-state index in [0.717, 1.165) is 36.9 Å². The highest BCUT2D eigenvalue weighted by Gasteiger charge is 2.28. The standard InChI is InChI=1S/C20H22N6O2/c27-20-21-15(13-6-2-1-3-7-13)10-11-26(20)12-17-22-19(25-28-17)18-14-8-4-5-9-16(14)23-24-18/h1-3,6-7,15H,4-5,8-12H2,(H,21,27)(H,23,24). The van der Waals surface area contributed by atoms with Crippen LogP contribution in [0.4, 0.5) is 4.79 Å². The molecule has 2 N–H and O–H groups in total. The number of amides is 2. The lowest BCUT2D eigenvalue weighted by molar-refractivity contribution is 0.162. The largest absolute Gasteiger partial charge is 0.337 e. The Bertz CT molecular complexity index is 980. The van der Waals surface area contributed by atoms with Crippen molar-refractivity contribution in [3.8, 4) is 11.5 Å². The Balaban J connectivity index is 1.27. The average molecular weight is 378 g/mol. The first-order valence-corrected chi connectivity index (χ1v) is 9.77. The zero-order chi connectivity index (χ0) is 18.9. The van der Waals surface area contributed by atoms with E-state index in [2.05, 4.69) is 25.7 Å². The van der Waals surface area contributed by atoms with Crippen LogP contribution in [0.3, 0.4) is 0 Å². The van der Waals surface area contributed by atoms with Crippen molar-refractivity contribution < 1.29 is 9.32 Å². The maximum atomic E-state index is 12.5. The number of hydrogen-bond acceptors (Lipinski definition) is 5. The topological polar surface area (TPSA) is 99.9 Å². The van der Waals surface area contributed by atoms with Crippen LogP contribution in [0.15, 0.2) is 34.9 Å². The molecule has 8 nitrogen and oxygen atoms in total. The molecule has 1 saturated heterocycles. The van der Waals surface area contributed by atoms with Crippen LogP contribution in [-0.2, 0) is 19.4 Å². The van der Waals surface area contributed by atoms with Gasteiger partial charge in [-0.1, -0.05) is 35.5 Å². The molecular formula is C20H22N6O2. The number of urea groups is 1. The summed E-state index contributed by atoms with van der Waals surface area (Å²) < 4.78 is 5.41. The van der Waals surface area contributed by atoms with Crippen LogP contribution in [-0.4, -0.2) is 37.8 Å². The number of rotatable bonds is 4. The number of H-pyrrole nitrogens is 1. The second-order valence-electron chi connectivity index (χ2n) is 7.37. The van der Waals surface area contributed by atoms with E-state index in [1.54, 1.807) is 4.90 Å². The SMILES string of the molecule is O=C1NC(c2ccccc2)CCN1Cc1nc(-c2n[nH]c3c2CCCC3)no1. The van der Waals surface area contributed by atoms with Crippen LogP contribution < -0.4 is 5.32 Å². The molecule has 8 heteroatoms. The lowest BCUT2D eigenvalue weighted by Crippen LogP contribution is -2.47. The van der Waals surface area contributed by atoms with E-state index in [9.17, 15) is 4.79 Å². The summed E-state index contributed by atoms with van der Waals surface area (Å²) in [7, 11) is 0. The number of carbonyl (C=O) groups excluding carboxylic acids is 1. The van der Waals surface area contributed by atoms with Crippen molar-refractivity contribution in [3.05, 3.63) is 53.0 Å². The van der Waals surface area contributed by atoms with Crippen LogP contribution in [0.2, 0.25) is 0 Å². The number of aromatic amines is 1. The number of nitrogens with one attached hydrogen (secondary N) is 2. The fourth-order valence-corrected chi connectivity index (χ4v) is 4.03. The van der Waals surface area contributed by atoms with E-state index < -0.39 is 0 Å². The first-order valence-electron chi connectivity index (χ1n) is 9.77. The summed E-state index contributed by atoms with van der Waals surface area (Å²) in [5, 5.41) is 14.6. The van der Waals surface area contributed by atoms with Gasteiger partial charge >= 0.3 is 6.03 Å². The highest BCUT2D eigenvalue weighted by Crippen LogP contribution is 2.28. The molecule has 0 saturated carbocycles. The molecule has 2 aromatic heterocycles. The lowest BCUT2D eigenvalue weighted by Gasteiger charge is -2.32. The number of hydrogen-bond donors (Lipinski definition) is 2. The molecular weight excluding hydrogens is 356 g/mol. The predicted octanol–water partition coefficient (Wildman–Crippen LogP) is 3.00. The summed E-state index contributed by atoms with van der Waals surface area (Å²) in [6.07, 6.45) is 5.18. The third-order valence-electron chi connectivity index (χ3n) is 5.54. The summed E-state index contributed by atoms with van der Waals surface area (Å²) in [5.74, 6) is 0.921. The maximum absolute atomic E-state index is 12.5. The molecule has 0 spiro atoms. The maximum Gasteiger partial charge on any atom is 0.318 e. The quantitative estimate of drug-likeness (QED) is 0.727. The van der Waals surface area contributed by atoms with Gasteiger partial charge in [-0.2, -0.15) is 10.1 Å². The van der Waals surface area contributed by atoms with Crippen molar-refractivity contribution in [2.24, 2.45) is 0 Å². The average Bonchev–Trinajstić information content (AvgIpc) is 3.37. The fraction of sp³-hybridized carbons (Fsp3) is 0.400. The van der Waals surface area contributed by atoms with Crippen molar-refractivity contribution >= 4 is 6.03 Å². The van der Waals surface area contributed by atoms with Gasteiger partial charge in [0, 0.05) is 17.8 Å². The molecule has 28 heavy (non-hydrogen) atoms. The van der Waals surface area contributed by atoms with Crippen LogP contribution >= 0.6 is 0 Å². The molecule has 3 heterocycles. The lowest BCUT2D eigenvalue weighted by atomic mass is 9.96. The smallest absolute Gasteiger partial charge is 0.318 e. The van der Waals surface area contributed by atoms with Gasteiger partial charge in [-0.25, -0.2) is 4.79 Å². The van der Waals surface area contributed by atoms with E-state index in [1.165, 1.54) is 17.7 Å². The number of carbonyl (C=O) groups is 1. The van der Waals surface area contributed by atoms with Gasteiger partial charge in [0.05, 0.1) is 6.04 Å². The van der Waals surface area contributed by atoms with Crippen molar-refractivity contribution in [1.82, 2.24) is 30.6 Å². The monoisotopic (exact) mass is 378 g/mol. The summed E-state index contributed by atoms with van der Waals surface area (Å²) in [4.78, 5) is 18.7. The molecule has 1 fully saturated rings. The van der Waals surface area contributed by atoms with Crippen LogP contribution in [0.5, 0.6) is 0 Å². The molecule has 144 valence electrons. The molecule has 1 atom stereocenters. The van der Waals surface area contributed by atoms with Gasteiger partial charge in [-0.15, -0.1) is 0 Å². The highest BCUT2D eigenvalue weighted by atomic mass is 16.5. The molecule has 1 aliphatic carbocycles. The molecule has 1 aliphatic heterocycles. The Morgan fingerprint density at radius 1 is 1.18 bits per heavy atom. The molecule has 2 amide bonds. The second kappa shape index (κ2) is 7.10. The Labute approximate surface area is 162 Å². The normalized spacial score (nSPS) is 19.4. The number of benzene rings is 1. The van der Waals surface area contributed by atoms with Crippen LogP contribution in [0.25, 0.3) is 11.5 Å². The third kappa shape index (κ3) is 3.15. The second-order valence-corrected chi connectivity index (χ2v) is 7.37. The minimum absolute atomic E-state index is 0.0405. The van der Waals surface area contributed by atoms with Crippen molar-refractivity contribution in [2.75, 3.05) is 6.54 Å². The zero-order valence-electron chi connectivity index (χ0n) is 15.5. The van der Waals surface area contributed by atoms with E-state index in [4.69, 9.17) is 4.52 Å². The number of nitrogens with zero attached hydrogens (tertiary/aromatic N) is 4. The van der Waals surface area contributed by atoms with Gasteiger partial charge in [-0.3, -0.25) is 5.10 Å². The first-order chi connectivity index (χ1) is 13.8. The van der Waals surface area contributed by atoms with E-state index in [1.807, 2.05) is 30.3 Å². The summed E-state index contributed by atoms with van der Waals surface area (Å²) in [6.45, 7) is 0.938. The number of aryl methyl sites for hydroxylation is 1. The van der Waals surface area contributed by atoms with Gasteiger partial charge in [0.25, 0.3) is 0 Å². The Morgan fingerprint density at radius 3 is 2.89 bits per heavy atom. The van der Waals surface area contributed by atoms with E-state index >= 15 is 0 Å². The van der Waals surface area contributed by atoms with Crippen LogP contribution in [0, 0.1) is 0 Å². The molecule has 5 rings (SSSR count). The van der Waals surface area contributed by atoms with Gasteiger partial charge in [-0.05, 0) is 37.7 Å². The Morgan fingerprint density at radius 2 is 2.04 bits per heavy atom. The molecule has 0 radical (unpaired) electrons. The molecule has 1 aromatic carbocycles.